The second-order valence-corrected chi connectivity index (χ2v) is 5.54. The van der Waals surface area contributed by atoms with Gasteiger partial charge in [0.05, 0.1) is 0 Å². The van der Waals surface area contributed by atoms with Gasteiger partial charge in [-0.2, -0.15) is 9.97 Å². The van der Waals surface area contributed by atoms with Gasteiger partial charge in [0, 0.05) is 35.9 Å². The molecular formula is C14H17ClN6. The van der Waals surface area contributed by atoms with Crippen molar-refractivity contribution >= 4 is 34.9 Å². The van der Waals surface area contributed by atoms with Crippen LogP contribution in [-0.4, -0.2) is 29.1 Å². The van der Waals surface area contributed by atoms with Crippen LogP contribution in [0.2, 0.25) is 5.02 Å². The number of nitrogens with one attached hydrogen (secondary N) is 1. The third-order valence-corrected chi connectivity index (χ3v) is 3.61. The monoisotopic (exact) mass is 304 g/mol. The van der Waals surface area contributed by atoms with Crippen LogP contribution in [0.15, 0.2) is 30.3 Å². The molecule has 0 saturated carbocycles. The van der Waals surface area contributed by atoms with E-state index in [1.165, 1.54) is 0 Å². The first-order chi connectivity index (χ1) is 10.1. The first kappa shape index (κ1) is 13.9. The molecule has 0 unspecified atom stereocenters. The molecule has 1 fully saturated rings. The van der Waals surface area contributed by atoms with Crippen molar-refractivity contribution in [1.29, 1.82) is 0 Å². The molecule has 1 saturated heterocycles. The van der Waals surface area contributed by atoms with E-state index in [0.29, 0.717) is 10.8 Å². The summed E-state index contributed by atoms with van der Waals surface area (Å²) < 4.78 is 0. The topological polar surface area (TPSA) is 93.1 Å². The van der Waals surface area contributed by atoms with Gasteiger partial charge in [0.1, 0.15) is 11.6 Å². The minimum Gasteiger partial charge on any atom is -0.368 e. The lowest BCUT2D eigenvalue weighted by Gasteiger charge is -2.18. The Bertz CT molecular complexity index is 647. The van der Waals surface area contributed by atoms with Crippen LogP contribution < -0.4 is 21.7 Å². The van der Waals surface area contributed by atoms with Gasteiger partial charge in [0.2, 0.25) is 5.95 Å². The zero-order valence-corrected chi connectivity index (χ0v) is 12.2. The molecule has 0 spiro atoms. The lowest BCUT2D eigenvalue weighted by molar-refractivity contribution is 0.751. The Hall–Kier alpha value is -2.05. The van der Waals surface area contributed by atoms with Crippen molar-refractivity contribution in [2.75, 3.05) is 29.0 Å². The quantitative estimate of drug-likeness (QED) is 0.803. The van der Waals surface area contributed by atoms with Crippen molar-refractivity contribution < 1.29 is 0 Å². The molecule has 3 rings (SSSR count). The second-order valence-electron chi connectivity index (χ2n) is 5.10. The summed E-state index contributed by atoms with van der Waals surface area (Å²) in [7, 11) is 0. The van der Waals surface area contributed by atoms with E-state index in [2.05, 4.69) is 20.2 Å². The predicted molar refractivity (Wildman–Crippen MR) is 86.0 cm³/mol. The summed E-state index contributed by atoms with van der Waals surface area (Å²) in [5.41, 5.74) is 12.6. The van der Waals surface area contributed by atoms with E-state index >= 15 is 0 Å². The third-order valence-electron chi connectivity index (χ3n) is 3.38. The molecule has 0 radical (unpaired) electrons. The molecule has 0 amide bonds. The summed E-state index contributed by atoms with van der Waals surface area (Å²) in [5, 5.41) is 3.85. The highest BCUT2D eigenvalue weighted by atomic mass is 35.5. The maximum absolute atomic E-state index is 5.97. The Morgan fingerprint density at radius 1 is 1.29 bits per heavy atom. The Labute approximate surface area is 128 Å². The third kappa shape index (κ3) is 3.34. The molecular weight excluding hydrogens is 288 g/mol. The number of halogens is 1. The van der Waals surface area contributed by atoms with Crippen LogP contribution in [0.4, 0.5) is 23.3 Å². The van der Waals surface area contributed by atoms with Crippen molar-refractivity contribution in [2.45, 2.75) is 12.5 Å². The van der Waals surface area contributed by atoms with Crippen molar-refractivity contribution in [2.24, 2.45) is 5.73 Å². The molecule has 1 aromatic heterocycles. The van der Waals surface area contributed by atoms with Crippen LogP contribution in [0, 0.1) is 0 Å². The van der Waals surface area contributed by atoms with Crippen molar-refractivity contribution in [3.05, 3.63) is 35.4 Å². The summed E-state index contributed by atoms with van der Waals surface area (Å²) in [6.45, 7) is 1.67. The van der Waals surface area contributed by atoms with Crippen molar-refractivity contribution in [3.8, 4) is 0 Å². The predicted octanol–water partition coefficient (Wildman–Crippen LogP) is 1.99. The molecule has 0 aliphatic carbocycles. The van der Waals surface area contributed by atoms with E-state index in [4.69, 9.17) is 23.1 Å². The van der Waals surface area contributed by atoms with Gasteiger partial charge in [0.15, 0.2) is 0 Å². The van der Waals surface area contributed by atoms with E-state index in [-0.39, 0.29) is 12.0 Å². The minimum atomic E-state index is 0.186. The van der Waals surface area contributed by atoms with Crippen LogP contribution in [0.3, 0.4) is 0 Å². The molecule has 110 valence electrons. The number of hydrogen-bond acceptors (Lipinski definition) is 6. The normalized spacial score (nSPS) is 18.0. The molecule has 2 heterocycles. The van der Waals surface area contributed by atoms with Gasteiger partial charge in [-0.1, -0.05) is 17.7 Å². The molecule has 1 aliphatic rings. The maximum atomic E-state index is 5.97. The van der Waals surface area contributed by atoms with Gasteiger partial charge in [-0.3, -0.25) is 0 Å². The first-order valence-corrected chi connectivity index (χ1v) is 7.15. The molecule has 0 bridgehead atoms. The second kappa shape index (κ2) is 5.75. The summed E-state index contributed by atoms with van der Waals surface area (Å²) >= 11 is 5.97. The number of anilines is 4. The molecule has 1 atom stereocenters. The lowest BCUT2D eigenvalue weighted by atomic mass is 10.3. The highest BCUT2D eigenvalue weighted by molar-refractivity contribution is 6.30. The zero-order chi connectivity index (χ0) is 14.8. The first-order valence-electron chi connectivity index (χ1n) is 6.78. The molecule has 6 nitrogen and oxygen atoms in total. The lowest BCUT2D eigenvalue weighted by Crippen LogP contribution is -2.27. The zero-order valence-electron chi connectivity index (χ0n) is 11.5. The van der Waals surface area contributed by atoms with Crippen LogP contribution in [0.1, 0.15) is 6.42 Å². The minimum absolute atomic E-state index is 0.186. The fourth-order valence-corrected chi connectivity index (χ4v) is 2.58. The highest BCUT2D eigenvalue weighted by Crippen LogP contribution is 2.24. The molecule has 2 aromatic rings. The van der Waals surface area contributed by atoms with E-state index in [1.54, 1.807) is 0 Å². The van der Waals surface area contributed by atoms with Crippen LogP contribution in [0.25, 0.3) is 0 Å². The maximum Gasteiger partial charge on any atom is 0.223 e. The molecule has 5 N–H and O–H groups in total. The molecule has 21 heavy (non-hydrogen) atoms. The van der Waals surface area contributed by atoms with Crippen LogP contribution >= 0.6 is 11.6 Å². The average molecular weight is 305 g/mol. The van der Waals surface area contributed by atoms with Crippen LogP contribution in [-0.2, 0) is 0 Å². The number of rotatable bonds is 3. The number of nitrogens with zero attached hydrogens (tertiary/aromatic N) is 3. The van der Waals surface area contributed by atoms with Crippen molar-refractivity contribution in [3.63, 3.8) is 0 Å². The summed E-state index contributed by atoms with van der Waals surface area (Å²) in [5.74, 6) is 1.66. The molecule has 1 aliphatic heterocycles. The summed E-state index contributed by atoms with van der Waals surface area (Å²) in [6, 6.07) is 9.48. The largest absolute Gasteiger partial charge is 0.368 e. The Kier molecular flexibility index (Phi) is 3.81. The van der Waals surface area contributed by atoms with Crippen LogP contribution in [0.5, 0.6) is 0 Å². The number of benzene rings is 1. The standard InChI is InChI=1S/C14H17ClN6/c15-9-2-1-3-11(6-9)18-12-7-13(20-14(17)19-12)21-5-4-10(16)8-21/h1-3,6-7,10H,4-5,8,16H2,(H3,17,18,19,20)/t10-/m1/s1. The van der Waals surface area contributed by atoms with Gasteiger partial charge in [0.25, 0.3) is 0 Å². The Balaban J connectivity index is 1.84. The highest BCUT2D eigenvalue weighted by Gasteiger charge is 2.21. The SMILES string of the molecule is Nc1nc(Nc2cccc(Cl)c2)cc(N2CC[C@@H](N)C2)n1. The van der Waals surface area contributed by atoms with Gasteiger partial charge in [-0.25, -0.2) is 0 Å². The van der Waals surface area contributed by atoms with Gasteiger partial charge in [-0.05, 0) is 24.6 Å². The number of hydrogen-bond donors (Lipinski definition) is 3. The van der Waals surface area contributed by atoms with E-state index in [9.17, 15) is 0 Å². The van der Waals surface area contributed by atoms with E-state index in [0.717, 1.165) is 31.0 Å². The van der Waals surface area contributed by atoms with Gasteiger partial charge < -0.3 is 21.7 Å². The average Bonchev–Trinajstić information content (AvgIpc) is 2.85. The Morgan fingerprint density at radius 3 is 2.86 bits per heavy atom. The smallest absolute Gasteiger partial charge is 0.223 e. The molecule has 7 heteroatoms. The van der Waals surface area contributed by atoms with Crippen molar-refractivity contribution in [1.82, 2.24) is 9.97 Å². The van der Waals surface area contributed by atoms with Gasteiger partial charge >= 0.3 is 0 Å². The summed E-state index contributed by atoms with van der Waals surface area (Å²) in [6.07, 6.45) is 0.959. The fraction of sp³-hybridized carbons (Fsp3) is 0.286. The van der Waals surface area contributed by atoms with E-state index in [1.807, 2.05) is 30.3 Å². The fourth-order valence-electron chi connectivity index (χ4n) is 2.39. The number of aromatic nitrogens is 2. The van der Waals surface area contributed by atoms with Gasteiger partial charge in [-0.15, -0.1) is 0 Å². The molecule has 1 aromatic carbocycles. The number of nitrogens with two attached hydrogens (primary N) is 2. The van der Waals surface area contributed by atoms with E-state index < -0.39 is 0 Å². The number of nitrogen functional groups attached to an aromatic ring is 1. The summed E-state index contributed by atoms with van der Waals surface area (Å²) in [4.78, 5) is 10.6. The Morgan fingerprint density at radius 2 is 2.14 bits per heavy atom.